The topological polar surface area (TPSA) is 59.4 Å². The molecule has 1 saturated carbocycles. The van der Waals surface area contributed by atoms with Gasteiger partial charge in [0.25, 0.3) is 0 Å². The number of rotatable bonds is 6. The van der Waals surface area contributed by atoms with E-state index < -0.39 is 0 Å². The average molecular weight is 354 g/mol. The van der Waals surface area contributed by atoms with Crippen molar-refractivity contribution in [3.63, 3.8) is 0 Å². The molecule has 6 heteroatoms. The summed E-state index contributed by atoms with van der Waals surface area (Å²) < 4.78 is 7.24. The van der Waals surface area contributed by atoms with Crippen LogP contribution in [0.5, 0.6) is 0 Å². The van der Waals surface area contributed by atoms with Gasteiger partial charge >= 0.3 is 0 Å². The molecule has 1 aliphatic carbocycles. The van der Waals surface area contributed by atoms with E-state index in [9.17, 15) is 4.79 Å². The summed E-state index contributed by atoms with van der Waals surface area (Å²) in [6, 6.07) is 10.3. The molecule has 1 aliphatic heterocycles. The molecule has 1 aromatic carbocycles. The number of aromatic nitrogens is 2. The minimum Gasteiger partial charge on any atom is -0.378 e. The zero-order valence-electron chi connectivity index (χ0n) is 15.2. The maximum Gasteiger partial charge on any atom is 0.239 e. The molecule has 2 aromatic rings. The summed E-state index contributed by atoms with van der Waals surface area (Å²) in [7, 11) is 0. The van der Waals surface area contributed by atoms with Crippen LogP contribution in [-0.4, -0.2) is 52.9 Å². The molecule has 6 nitrogen and oxygen atoms in total. The second kappa shape index (κ2) is 7.60. The van der Waals surface area contributed by atoms with Crippen LogP contribution in [-0.2, 0) is 16.1 Å². The Labute approximate surface area is 154 Å². The lowest BCUT2D eigenvalue weighted by molar-refractivity contribution is -0.137. The van der Waals surface area contributed by atoms with Gasteiger partial charge in [-0.05, 0) is 43.5 Å². The van der Waals surface area contributed by atoms with Gasteiger partial charge in [-0.25, -0.2) is 4.68 Å². The SMILES string of the molecule is CC(NCc1ccc(-n2ccc(C3CC3)n2)cc1)C(=O)N1CCOCC1. The normalized spacial score (nSPS) is 18.7. The van der Waals surface area contributed by atoms with Gasteiger partial charge in [0.05, 0.1) is 30.6 Å². The number of nitrogens with zero attached hydrogens (tertiary/aromatic N) is 3. The van der Waals surface area contributed by atoms with Crippen molar-refractivity contribution in [2.45, 2.75) is 38.3 Å². The molecule has 0 radical (unpaired) electrons. The first-order chi connectivity index (χ1) is 12.7. The van der Waals surface area contributed by atoms with E-state index in [2.05, 4.69) is 40.7 Å². The number of ether oxygens (including phenoxy) is 1. The highest BCUT2D eigenvalue weighted by Gasteiger charge is 2.26. The van der Waals surface area contributed by atoms with Crippen molar-refractivity contribution in [1.29, 1.82) is 0 Å². The van der Waals surface area contributed by atoms with Crippen molar-refractivity contribution >= 4 is 5.91 Å². The van der Waals surface area contributed by atoms with E-state index in [-0.39, 0.29) is 11.9 Å². The zero-order valence-corrected chi connectivity index (χ0v) is 15.2. The van der Waals surface area contributed by atoms with Gasteiger partial charge in [-0.3, -0.25) is 4.79 Å². The van der Waals surface area contributed by atoms with Gasteiger partial charge in [0, 0.05) is 31.7 Å². The molecule has 1 unspecified atom stereocenters. The van der Waals surface area contributed by atoms with Crippen LogP contribution >= 0.6 is 0 Å². The van der Waals surface area contributed by atoms with Gasteiger partial charge in [0.1, 0.15) is 0 Å². The predicted octanol–water partition coefficient (Wildman–Crippen LogP) is 2.09. The molecule has 1 atom stereocenters. The van der Waals surface area contributed by atoms with E-state index in [4.69, 9.17) is 4.74 Å². The number of morpholine rings is 1. The molecule has 0 bridgehead atoms. The van der Waals surface area contributed by atoms with Gasteiger partial charge in [0.2, 0.25) is 5.91 Å². The molecule has 1 N–H and O–H groups in total. The van der Waals surface area contributed by atoms with Gasteiger partial charge in [-0.2, -0.15) is 5.10 Å². The minimum atomic E-state index is -0.194. The van der Waals surface area contributed by atoms with Crippen LogP contribution in [0.15, 0.2) is 36.5 Å². The zero-order chi connectivity index (χ0) is 17.9. The molecular formula is C20H26N4O2. The first-order valence-electron chi connectivity index (χ1n) is 9.45. The lowest BCUT2D eigenvalue weighted by Gasteiger charge is -2.29. The Morgan fingerprint density at radius 3 is 2.65 bits per heavy atom. The standard InChI is InChI=1S/C20H26N4O2/c1-15(20(25)23-10-12-26-13-11-23)21-14-16-2-6-18(7-3-16)24-9-8-19(22-24)17-4-5-17/h2-3,6-9,15,17,21H,4-5,10-14H2,1H3. The van der Waals surface area contributed by atoms with Crippen LogP contribution in [0.1, 0.15) is 36.9 Å². The number of nitrogens with one attached hydrogen (secondary N) is 1. The minimum absolute atomic E-state index is 0.147. The summed E-state index contributed by atoms with van der Waals surface area (Å²) in [5.41, 5.74) is 3.43. The molecule has 1 amide bonds. The molecule has 2 fully saturated rings. The number of carbonyl (C=O) groups excluding carboxylic acids is 1. The quantitative estimate of drug-likeness (QED) is 0.863. The Bertz CT molecular complexity index is 745. The summed E-state index contributed by atoms with van der Waals surface area (Å²) in [6.07, 6.45) is 4.57. The molecule has 0 spiro atoms. The second-order valence-electron chi connectivity index (χ2n) is 7.17. The van der Waals surface area contributed by atoms with Crippen LogP contribution in [0.4, 0.5) is 0 Å². The van der Waals surface area contributed by atoms with Crippen LogP contribution < -0.4 is 5.32 Å². The van der Waals surface area contributed by atoms with Gasteiger partial charge < -0.3 is 15.0 Å². The monoisotopic (exact) mass is 354 g/mol. The Hall–Kier alpha value is -2.18. The Morgan fingerprint density at radius 2 is 1.96 bits per heavy atom. The van der Waals surface area contributed by atoms with Gasteiger partial charge in [-0.15, -0.1) is 0 Å². The first kappa shape index (κ1) is 17.2. The molecule has 1 saturated heterocycles. The molecular weight excluding hydrogens is 328 g/mol. The summed E-state index contributed by atoms with van der Waals surface area (Å²) in [6.45, 7) is 5.24. The molecule has 138 valence electrons. The maximum atomic E-state index is 12.4. The first-order valence-corrected chi connectivity index (χ1v) is 9.45. The van der Waals surface area contributed by atoms with E-state index in [0.29, 0.717) is 38.8 Å². The lowest BCUT2D eigenvalue weighted by atomic mass is 10.2. The van der Waals surface area contributed by atoms with Crippen LogP contribution in [0, 0.1) is 0 Å². The summed E-state index contributed by atoms with van der Waals surface area (Å²) in [5, 5.41) is 7.99. The Kier molecular flexibility index (Phi) is 5.04. The molecule has 1 aromatic heterocycles. The third kappa shape index (κ3) is 3.97. The average Bonchev–Trinajstić information content (AvgIpc) is 3.43. The number of hydrogen-bond acceptors (Lipinski definition) is 4. The third-order valence-electron chi connectivity index (χ3n) is 5.11. The number of amides is 1. The van der Waals surface area contributed by atoms with E-state index in [1.807, 2.05) is 22.7 Å². The fourth-order valence-electron chi connectivity index (χ4n) is 3.26. The summed E-state index contributed by atoms with van der Waals surface area (Å²) in [4.78, 5) is 14.3. The number of hydrogen-bond donors (Lipinski definition) is 1. The second-order valence-corrected chi connectivity index (χ2v) is 7.17. The van der Waals surface area contributed by atoms with Crippen LogP contribution in [0.25, 0.3) is 5.69 Å². The summed E-state index contributed by atoms with van der Waals surface area (Å²) in [5.74, 6) is 0.819. The van der Waals surface area contributed by atoms with E-state index in [1.165, 1.54) is 18.5 Å². The van der Waals surface area contributed by atoms with Crippen molar-refractivity contribution in [3.05, 3.63) is 47.8 Å². The Balaban J connectivity index is 1.31. The molecule has 26 heavy (non-hydrogen) atoms. The highest BCUT2D eigenvalue weighted by Crippen LogP contribution is 2.39. The fourth-order valence-corrected chi connectivity index (χ4v) is 3.26. The van der Waals surface area contributed by atoms with Crippen molar-refractivity contribution < 1.29 is 9.53 Å². The molecule has 4 rings (SSSR count). The smallest absolute Gasteiger partial charge is 0.239 e. The third-order valence-corrected chi connectivity index (χ3v) is 5.11. The maximum absolute atomic E-state index is 12.4. The number of carbonyl (C=O) groups is 1. The van der Waals surface area contributed by atoms with Gasteiger partial charge in [-0.1, -0.05) is 12.1 Å². The van der Waals surface area contributed by atoms with E-state index in [1.54, 1.807) is 0 Å². The highest BCUT2D eigenvalue weighted by molar-refractivity contribution is 5.81. The summed E-state index contributed by atoms with van der Waals surface area (Å²) >= 11 is 0. The van der Waals surface area contributed by atoms with E-state index in [0.717, 1.165) is 11.3 Å². The Morgan fingerprint density at radius 1 is 1.23 bits per heavy atom. The molecule has 2 aliphatic rings. The lowest BCUT2D eigenvalue weighted by Crippen LogP contribution is -2.49. The van der Waals surface area contributed by atoms with Gasteiger partial charge in [0.15, 0.2) is 0 Å². The fraction of sp³-hybridized carbons (Fsp3) is 0.500. The van der Waals surface area contributed by atoms with Crippen LogP contribution in [0.3, 0.4) is 0 Å². The highest BCUT2D eigenvalue weighted by atomic mass is 16.5. The van der Waals surface area contributed by atoms with Crippen molar-refractivity contribution in [1.82, 2.24) is 20.0 Å². The van der Waals surface area contributed by atoms with E-state index >= 15 is 0 Å². The van der Waals surface area contributed by atoms with Crippen molar-refractivity contribution in [3.8, 4) is 5.69 Å². The largest absolute Gasteiger partial charge is 0.378 e. The predicted molar refractivity (Wildman–Crippen MR) is 99.2 cm³/mol. The van der Waals surface area contributed by atoms with Crippen molar-refractivity contribution in [2.75, 3.05) is 26.3 Å². The number of benzene rings is 1. The van der Waals surface area contributed by atoms with Crippen LogP contribution in [0.2, 0.25) is 0 Å². The molecule has 2 heterocycles. The van der Waals surface area contributed by atoms with Crippen molar-refractivity contribution in [2.24, 2.45) is 0 Å².